The minimum Gasteiger partial charge on any atom is -0.493 e. The van der Waals surface area contributed by atoms with Crippen LogP contribution in [0.3, 0.4) is 0 Å². The number of hydrogen-bond donors (Lipinski definition) is 1. The number of ether oxygens (including phenoxy) is 2. The van der Waals surface area contributed by atoms with E-state index in [4.69, 9.17) is 32.7 Å². The molecule has 0 spiro atoms. The van der Waals surface area contributed by atoms with Gasteiger partial charge in [-0.15, -0.1) is 0 Å². The van der Waals surface area contributed by atoms with Crippen molar-refractivity contribution in [2.24, 2.45) is 0 Å². The summed E-state index contributed by atoms with van der Waals surface area (Å²) in [5.74, 6) is 1.41. The summed E-state index contributed by atoms with van der Waals surface area (Å²) in [5, 5.41) is 4.79. The Kier molecular flexibility index (Phi) is 8.46. The third-order valence-electron chi connectivity index (χ3n) is 4.71. The summed E-state index contributed by atoms with van der Waals surface area (Å²) in [6, 6.07) is 17.9. The average Bonchev–Trinajstić information content (AvgIpc) is 2.72. The molecule has 0 bridgehead atoms. The molecular weight excluding hydrogens is 485 g/mol. The molecule has 0 fully saturated rings. The molecule has 0 heterocycles. The fraction of sp³-hybridized carbons (Fsp3) is 0.250. The zero-order valence-corrected chi connectivity index (χ0v) is 20.1. The SMILES string of the molecule is COc1cc(CNCCc2ccc(Cl)cc2Cl)cc(Br)c1OCc1ccc(C)cc1. The fourth-order valence-corrected chi connectivity index (χ4v) is 4.14. The van der Waals surface area contributed by atoms with E-state index in [9.17, 15) is 0 Å². The van der Waals surface area contributed by atoms with E-state index in [1.807, 2.05) is 18.2 Å². The maximum atomic E-state index is 6.24. The van der Waals surface area contributed by atoms with E-state index in [1.54, 1.807) is 13.2 Å². The molecular formula is C24H24BrCl2NO2. The minimum absolute atomic E-state index is 0.481. The number of aryl methyl sites for hydroxylation is 1. The van der Waals surface area contributed by atoms with E-state index in [0.717, 1.165) is 34.1 Å². The van der Waals surface area contributed by atoms with Gasteiger partial charge in [-0.1, -0.05) is 59.1 Å². The molecule has 1 N–H and O–H groups in total. The molecule has 0 aliphatic heterocycles. The van der Waals surface area contributed by atoms with Crippen LogP contribution < -0.4 is 14.8 Å². The first-order valence-corrected chi connectivity index (χ1v) is 11.2. The Morgan fingerprint density at radius 3 is 2.43 bits per heavy atom. The van der Waals surface area contributed by atoms with Crippen LogP contribution in [0.25, 0.3) is 0 Å². The van der Waals surface area contributed by atoms with Gasteiger partial charge < -0.3 is 14.8 Å². The van der Waals surface area contributed by atoms with Crippen molar-refractivity contribution in [1.82, 2.24) is 5.32 Å². The highest BCUT2D eigenvalue weighted by atomic mass is 79.9. The minimum atomic E-state index is 0.481. The molecule has 0 aliphatic rings. The van der Waals surface area contributed by atoms with Crippen molar-refractivity contribution < 1.29 is 9.47 Å². The monoisotopic (exact) mass is 507 g/mol. The van der Waals surface area contributed by atoms with Gasteiger partial charge in [-0.3, -0.25) is 0 Å². The highest BCUT2D eigenvalue weighted by Gasteiger charge is 2.12. The summed E-state index contributed by atoms with van der Waals surface area (Å²) >= 11 is 15.8. The van der Waals surface area contributed by atoms with Gasteiger partial charge in [0.15, 0.2) is 11.5 Å². The largest absolute Gasteiger partial charge is 0.493 e. The molecule has 3 rings (SSSR count). The van der Waals surface area contributed by atoms with Crippen molar-refractivity contribution in [1.29, 1.82) is 0 Å². The molecule has 0 saturated carbocycles. The lowest BCUT2D eigenvalue weighted by atomic mass is 10.1. The smallest absolute Gasteiger partial charge is 0.175 e. The van der Waals surface area contributed by atoms with Gasteiger partial charge in [0.2, 0.25) is 0 Å². The number of nitrogens with one attached hydrogen (secondary N) is 1. The van der Waals surface area contributed by atoms with Crippen LogP contribution in [0.5, 0.6) is 11.5 Å². The molecule has 0 atom stereocenters. The van der Waals surface area contributed by atoms with Crippen LogP contribution in [0.1, 0.15) is 22.3 Å². The van der Waals surface area contributed by atoms with Crippen molar-refractivity contribution in [2.75, 3.05) is 13.7 Å². The summed E-state index contributed by atoms with van der Waals surface area (Å²) in [4.78, 5) is 0. The predicted molar refractivity (Wildman–Crippen MR) is 128 cm³/mol. The molecule has 30 heavy (non-hydrogen) atoms. The summed E-state index contributed by atoms with van der Waals surface area (Å²) in [5.41, 5.74) is 4.52. The van der Waals surface area contributed by atoms with Gasteiger partial charge in [-0.25, -0.2) is 0 Å². The zero-order valence-electron chi connectivity index (χ0n) is 17.0. The van der Waals surface area contributed by atoms with Crippen LogP contribution in [-0.2, 0) is 19.6 Å². The summed E-state index contributed by atoms with van der Waals surface area (Å²) in [6.07, 6.45) is 0.825. The van der Waals surface area contributed by atoms with E-state index in [2.05, 4.69) is 58.5 Å². The lowest BCUT2D eigenvalue weighted by Gasteiger charge is -2.15. The predicted octanol–water partition coefficient (Wildman–Crippen LogP) is 6.98. The van der Waals surface area contributed by atoms with Crippen LogP contribution in [0, 0.1) is 6.92 Å². The second-order valence-corrected chi connectivity index (χ2v) is 8.74. The number of methoxy groups -OCH3 is 1. The fourth-order valence-electron chi connectivity index (χ4n) is 3.04. The Morgan fingerprint density at radius 1 is 0.967 bits per heavy atom. The second kappa shape index (κ2) is 11.1. The van der Waals surface area contributed by atoms with Gasteiger partial charge in [0.25, 0.3) is 0 Å². The molecule has 0 radical (unpaired) electrons. The highest BCUT2D eigenvalue weighted by molar-refractivity contribution is 9.10. The Labute approximate surface area is 196 Å². The Balaban J connectivity index is 1.58. The maximum Gasteiger partial charge on any atom is 0.175 e. The van der Waals surface area contributed by atoms with Gasteiger partial charge in [0.1, 0.15) is 6.61 Å². The second-order valence-electron chi connectivity index (χ2n) is 7.05. The van der Waals surface area contributed by atoms with E-state index in [1.165, 1.54) is 5.56 Å². The molecule has 0 amide bonds. The molecule has 0 unspecified atom stereocenters. The standard InChI is InChI=1S/C24H24BrCl2NO2/c1-16-3-5-17(6-4-16)15-30-24-21(25)11-18(12-23(24)29-2)14-28-10-9-19-7-8-20(26)13-22(19)27/h3-8,11-13,28H,9-10,14-15H2,1-2H3. The molecule has 0 aliphatic carbocycles. The van der Waals surface area contributed by atoms with Gasteiger partial charge >= 0.3 is 0 Å². The third-order valence-corrected chi connectivity index (χ3v) is 5.88. The number of rotatable bonds is 9. The van der Waals surface area contributed by atoms with Gasteiger partial charge in [-0.05, 0) is 76.8 Å². The van der Waals surface area contributed by atoms with Crippen molar-refractivity contribution in [3.8, 4) is 11.5 Å². The number of benzene rings is 3. The normalized spacial score (nSPS) is 10.8. The van der Waals surface area contributed by atoms with Crippen LogP contribution in [0.2, 0.25) is 10.0 Å². The highest BCUT2D eigenvalue weighted by Crippen LogP contribution is 2.37. The van der Waals surface area contributed by atoms with Crippen molar-refractivity contribution >= 4 is 39.1 Å². The molecule has 3 aromatic rings. The van der Waals surface area contributed by atoms with Crippen LogP contribution >= 0.6 is 39.1 Å². The average molecular weight is 509 g/mol. The molecule has 0 saturated heterocycles. The van der Waals surface area contributed by atoms with E-state index < -0.39 is 0 Å². The Bertz CT molecular complexity index is 993. The van der Waals surface area contributed by atoms with Crippen LogP contribution in [0.4, 0.5) is 0 Å². The topological polar surface area (TPSA) is 30.5 Å². The third kappa shape index (κ3) is 6.39. The van der Waals surface area contributed by atoms with Crippen LogP contribution in [0.15, 0.2) is 59.1 Å². The Morgan fingerprint density at radius 2 is 1.73 bits per heavy atom. The molecule has 158 valence electrons. The molecule has 3 nitrogen and oxygen atoms in total. The summed E-state index contributed by atoms with van der Waals surface area (Å²) in [7, 11) is 1.65. The summed E-state index contributed by atoms with van der Waals surface area (Å²) < 4.78 is 12.5. The summed E-state index contributed by atoms with van der Waals surface area (Å²) in [6.45, 7) is 4.06. The first kappa shape index (κ1) is 23.0. The molecule has 6 heteroatoms. The maximum absolute atomic E-state index is 6.24. The molecule has 3 aromatic carbocycles. The van der Waals surface area contributed by atoms with Gasteiger partial charge in [0, 0.05) is 16.6 Å². The van der Waals surface area contributed by atoms with Gasteiger partial charge in [0.05, 0.1) is 11.6 Å². The lowest BCUT2D eigenvalue weighted by molar-refractivity contribution is 0.282. The van der Waals surface area contributed by atoms with Crippen molar-refractivity contribution in [3.63, 3.8) is 0 Å². The van der Waals surface area contributed by atoms with E-state index in [-0.39, 0.29) is 0 Å². The van der Waals surface area contributed by atoms with E-state index in [0.29, 0.717) is 34.7 Å². The zero-order chi connectivity index (χ0) is 21.5. The number of halogens is 3. The van der Waals surface area contributed by atoms with Crippen LogP contribution in [-0.4, -0.2) is 13.7 Å². The Hall–Kier alpha value is -1.72. The van der Waals surface area contributed by atoms with E-state index >= 15 is 0 Å². The molecule has 0 aromatic heterocycles. The van der Waals surface area contributed by atoms with Gasteiger partial charge in [-0.2, -0.15) is 0 Å². The first-order valence-electron chi connectivity index (χ1n) is 9.65. The first-order chi connectivity index (χ1) is 14.5. The number of hydrogen-bond acceptors (Lipinski definition) is 3. The van der Waals surface area contributed by atoms with Crippen molar-refractivity contribution in [2.45, 2.75) is 26.5 Å². The van der Waals surface area contributed by atoms with Crippen molar-refractivity contribution in [3.05, 3.63) is 91.4 Å². The quantitative estimate of drug-likeness (QED) is 0.316. The lowest BCUT2D eigenvalue weighted by Crippen LogP contribution is -2.17.